The summed E-state index contributed by atoms with van der Waals surface area (Å²) in [6.45, 7) is 1.19. The summed E-state index contributed by atoms with van der Waals surface area (Å²) in [5, 5.41) is 1.05. The molecule has 1 saturated heterocycles. The quantitative estimate of drug-likeness (QED) is 0.610. The number of pyridine rings is 2. The Morgan fingerprint density at radius 1 is 1.20 bits per heavy atom. The number of nitrogens with one attached hydrogen (secondary N) is 1. The highest BCUT2D eigenvalue weighted by Crippen LogP contribution is 2.30. The van der Waals surface area contributed by atoms with Gasteiger partial charge >= 0.3 is 0 Å². The zero-order valence-corrected chi connectivity index (χ0v) is 13.3. The molecule has 4 aromatic rings. The largest absolute Gasteiger partial charge is 0.370 e. The molecule has 0 atom stereocenters. The summed E-state index contributed by atoms with van der Waals surface area (Å²) >= 11 is 0. The molecule has 25 heavy (non-hydrogen) atoms. The molecular formula is C18H15N5O2. The average Bonchev–Trinajstić information content (AvgIpc) is 3.29. The van der Waals surface area contributed by atoms with Crippen LogP contribution in [0.5, 0.6) is 0 Å². The van der Waals surface area contributed by atoms with Crippen molar-refractivity contribution in [1.82, 2.24) is 19.4 Å². The van der Waals surface area contributed by atoms with Gasteiger partial charge in [-0.3, -0.25) is 4.79 Å². The van der Waals surface area contributed by atoms with Crippen LogP contribution < -0.4 is 4.90 Å². The van der Waals surface area contributed by atoms with E-state index in [9.17, 15) is 4.79 Å². The number of H-pyrrole nitrogens is 1. The van der Waals surface area contributed by atoms with Crippen LogP contribution in [0.3, 0.4) is 0 Å². The molecule has 1 fully saturated rings. The summed E-state index contributed by atoms with van der Waals surface area (Å²) < 4.78 is 7.19. The van der Waals surface area contributed by atoms with Gasteiger partial charge in [0.25, 0.3) is 5.91 Å². The Balaban J connectivity index is 1.69. The van der Waals surface area contributed by atoms with Gasteiger partial charge in [-0.05, 0) is 18.2 Å². The summed E-state index contributed by atoms with van der Waals surface area (Å²) in [7, 11) is 0. The van der Waals surface area contributed by atoms with Crippen molar-refractivity contribution in [2.45, 2.75) is 0 Å². The van der Waals surface area contributed by atoms with Crippen LogP contribution in [0.25, 0.3) is 27.7 Å². The molecular weight excluding hydrogens is 318 g/mol. The van der Waals surface area contributed by atoms with E-state index in [-0.39, 0.29) is 12.5 Å². The molecule has 0 aromatic carbocycles. The van der Waals surface area contributed by atoms with Crippen LogP contribution in [0.2, 0.25) is 0 Å². The Bertz CT molecular complexity index is 1100. The lowest BCUT2D eigenvalue weighted by molar-refractivity contribution is -0.125. The first-order valence-corrected chi connectivity index (χ1v) is 8.07. The molecule has 0 unspecified atom stereocenters. The standard InChI is InChI=1S/C18H15N5O2/c24-17-10-25-4-3-23(17)15-6-14(9-22-11-19-8-16(15)22)13-5-12-1-2-20-18(12)21-7-13/h1-2,5-9,11H,3-4,10H2,(H,20,21). The number of rotatable bonds is 2. The highest BCUT2D eigenvalue weighted by Gasteiger charge is 2.23. The van der Waals surface area contributed by atoms with Crippen LogP contribution in [-0.2, 0) is 9.53 Å². The monoisotopic (exact) mass is 333 g/mol. The van der Waals surface area contributed by atoms with Gasteiger partial charge < -0.3 is 19.0 Å². The number of anilines is 1. The Hall–Kier alpha value is -3.19. The molecule has 0 spiro atoms. The van der Waals surface area contributed by atoms with E-state index in [1.54, 1.807) is 17.4 Å². The smallest absolute Gasteiger partial charge is 0.253 e. The molecule has 0 saturated carbocycles. The molecule has 5 heterocycles. The van der Waals surface area contributed by atoms with Gasteiger partial charge in [0, 0.05) is 41.6 Å². The van der Waals surface area contributed by atoms with Crippen LogP contribution in [0, 0.1) is 0 Å². The molecule has 7 nitrogen and oxygen atoms in total. The molecule has 1 amide bonds. The van der Waals surface area contributed by atoms with Crippen molar-refractivity contribution in [2.24, 2.45) is 0 Å². The number of fused-ring (bicyclic) bond motifs is 2. The summed E-state index contributed by atoms with van der Waals surface area (Å²) in [4.78, 5) is 25.9. The second-order valence-corrected chi connectivity index (χ2v) is 6.04. The fourth-order valence-corrected chi connectivity index (χ4v) is 3.26. The average molecular weight is 333 g/mol. The number of ether oxygens (including phenoxy) is 1. The maximum atomic E-state index is 12.3. The summed E-state index contributed by atoms with van der Waals surface area (Å²) in [6, 6.07) is 6.10. The van der Waals surface area contributed by atoms with Crippen molar-refractivity contribution in [3.8, 4) is 11.1 Å². The molecule has 124 valence electrons. The Morgan fingerprint density at radius 2 is 2.16 bits per heavy atom. The number of aromatic nitrogens is 4. The first-order valence-electron chi connectivity index (χ1n) is 8.07. The predicted octanol–water partition coefficient (Wildman–Crippen LogP) is 2.24. The highest BCUT2D eigenvalue weighted by atomic mass is 16.5. The number of morpholine rings is 1. The van der Waals surface area contributed by atoms with E-state index in [2.05, 4.69) is 21.0 Å². The van der Waals surface area contributed by atoms with E-state index in [1.165, 1.54) is 0 Å². The van der Waals surface area contributed by atoms with Crippen LogP contribution in [0.15, 0.2) is 49.3 Å². The molecule has 4 aromatic heterocycles. The van der Waals surface area contributed by atoms with E-state index >= 15 is 0 Å². The lowest BCUT2D eigenvalue weighted by Gasteiger charge is -2.27. The number of imidazole rings is 1. The van der Waals surface area contributed by atoms with Gasteiger partial charge in [0.15, 0.2) is 0 Å². The van der Waals surface area contributed by atoms with E-state index in [0.717, 1.165) is 33.4 Å². The van der Waals surface area contributed by atoms with Gasteiger partial charge in [0.05, 0.1) is 30.3 Å². The molecule has 7 heteroatoms. The molecule has 1 N–H and O–H groups in total. The molecule has 1 aliphatic heterocycles. The Labute approximate surface area is 142 Å². The van der Waals surface area contributed by atoms with Crippen LogP contribution in [0.1, 0.15) is 0 Å². The van der Waals surface area contributed by atoms with Gasteiger partial charge in [-0.25, -0.2) is 9.97 Å². The number of hydrogen-bond donors (Lipinski definition) is 1. The molecule has 0 bridgehead atoms. The van der Waals surface area contributed by atoms with E-state index in [4.69, 9.17) is 4.74 Å². The Morgan fingerprint density at radius 3 is 3.08 bits per heavy atom. The normalized spacial score (nSPS) is 15.4. The van der Waals surface area contributed by atoms with Crippen LogP contribution >= 0.6 is 0 Å². The number of hydrogen-bond acceptors (Lipinski definition) is 4. The topological polar surface area (TPSA) is 75.5 Å². The zero-order chi connectivity index (χ0) is 16.8. The molecule has 5 rings (SSSR count). The summed E-state index contributed by atoms with van der Waals surface area (Å²) in [5.41, 5.74) is 4.57. The minimum absolute atomic E-state index is 0.0364. The lowest BCUT2D eigenvalue weighted by Crippen LogP contribution is -2.41. The van der Waals surface area contributed by atoms with Crippen molar-refractivity contribution in [1.29, 1.82) is 0 Å². The third kappa shape index (κ3) is 2.28. The lowest BCUT2D eigenvalue weighted by atomic mass is 10.1. The van der Waals surface area contributed by atoms with Gasteiger partial charge in [-0.2, -0.15) is 0 Å². The van der Waals surface area contributed by atoms with E-state index in [1.807, 2.05) is 35.1 Å². The number of carbonyl (C=O) groups is 1. The predicted molar refractivity (Wildman–Crippen MR) is 93.5 cm³/mol. The minimum Gasteiger partial charge on any atom is -0.370 e. The zero-order valence-electron chi connectivity index (χ0n) is 13.3. The van der Waals surface area contributed by atoms with Crippen molar-refractivity contribution < 1.29 is 9.53 Å². The maximum absolute atomic E-state index is 12.3. The highest BCUT2D eigenvalue weighted by molar-refractivity contribution is 5.99. The fraction of sp³-hybridized carbons (Fsp3) is 0.167. The van der Waals surface area contributed by atoms with E-state index < -0.39 is 0 Å². The van der Waals surface area contributed by atoms with Crippen LogP contribution in [0.4, 0.5) is 5.69 Å². The first-order chi connectivity index (χ1) is 12.3. The summed E-state index contributed by atoms with van der Waals surface area (Å²) in [6.07, 6.45) is 9.23. The fourth-order valence-electron chi connectivity index (χ4n) is 3.26. The number of carbonyl (C=O) groups excluding carboxylic acids is 1. The van der Waals surface area contributed by atoms with Gasteiger partial charge in [0.2, 0.25) is 0 Å². The van der Waals surface area contributed by atoms with Gasteiger partial charge in [0.1, 0.15) is 12.3 Å². The number of aromatic amines is 1. The molecule has 1 aliphatic rings. The SMILES string of the molecule is O=C1COCCN1c1cc(-c2cnc3[nH]ccc3c2)cn2cncc12. The first kappa shape index (κ1) is 14.2. The van der Waals surface area contributed by atoms with Gasteiger partial charge in [-0.15, -0.1) is 0 Å². The van der Waals surface area contributed by atoms with Crippen molar-refractivity contribution in [2.75, 3.05) is 24.7 Å². The maximum Gasteiger partial charge on any atom is 0.253 e. The summed E-state index contributed by atoms with van der Waals surface area (Å²) in [5.74, 6) is -0.0364. The van der Waals surface area contributed by atoms with Crippen molar-refractivity contribution in [3.63, 3.8) is 0 Å². The van der Waals surface area contributed by atoms with Crippen LogP contribution in [-0.4, -0.2) is 45.0 Å². The molecule has 0 radical (unpaired) electrons. The third-order valence-electron chi connectivity index (χ3n) is 4.51. The number of amides is 1. The van der Waals surface area contributed by atoms with Gasteiger partial charge in [-0.1, -0.05) is 0 Å². The van der Waals surface area contributed by atoms with Crippen molar-refractivity contribution >= 4 is 28.1 Å². The Kier molecular flexibility index (Phi) is 3.07. The number of nitrogens with zero attached hydrogens (tertiary/aromatic N) is 4. The second-order valence-electron chi connectivity index (χ2n) is 6.04. The third-order valence-corrected chi connectivity index (χ3v) is 4.51. The van der Waals surface area contributed by atoms with Crippen molar-refractivity contribution in [3.05, 3.63) is 49.3 Å². The second kappa shape index (κ2) is 5.42. The molecule has 0 aliphatic carbocycles. The minimum atomic E-state index is -0.0364. The van der Waals surface area contributed by atoms with E-state index in [0.29, 0.717) is 13.2 Å².